The van der Waals surface area contributed by atoms with Gasteiger partial charge in [0, 0.05) is 18.4 Å². The summed E-state index contributed by atoms with van der Waals surface area (Å²) in [4.78, 5) is 13.5. The Balaban J connectivity index is 1.86. The Kier molecular flexibility index (Phi) is 3.16. The zero-order valence-electron chi connectivity index (χ0n) is 9.99. The van der Waals surface area contributed by atoms with Crippen molar-refractivity contribution < 1.29 is 9.53 Å². The first-order valence-corrected chi connectivity index (χ1v) is 7.28. The maximum Gasteiger partial charge on any atom is 0.318 e. The normalized spacial score (nSPS) is 21.3. The van der Waals surface area contributed by atoms with Crippen LogP contribution in [0.3, 0.4) is 0 Å². The number of fused-ring (bicyclic) bond motifs is 3. The number of benzene rings is 1. The molecule has 0 radical (unpaired) electrons. The third kappa shape index (κ3) is 1.96. The molecule has 0 saturated carbocycles. The van der Waals surface area contributed by atoms with Crippen LogP contribution in [0.5, 0.6) is 5.75 Å². The van der Waals surface area contributed by atoms with E-state index in [1.165, 1.54) is 11.1 Å². The molecule has 1 aromatic carbocycles. The third-order valence-electron chi connectivity index (χ3n) is 3.53. The molecule has 4 nitrogen and oxygen atoms in total. The molecule has 1 saturated heterocycles. The van der Waals surface area contributed by atoms with E-state index in [2.05, 4.69) is 33.4 Å². The topological polar surface area (TPSA) is 41.6 Å². The second kappa shape index (κ2) is 4.80. The van der Waals surface area contributed by atoms with Crippen molar-refractivity contribution in [1.29, 1.82) is 0 Å². The number of rotatable bonds is 3. The van der Waals surface area contributed by atoms with Gasteiger partial charge in [-0.1, -0.05) is 22.0 Å². The Labute approximate surface area is 114 Å². The predicted molar refractivity (Wildman–Crippen MR) is 72.3 cm³/mol. The van der Waals surface area contributed by atoms with Crippen molar-refractivity contribution in [3.63, 3.8) is 0 Å². The Morgan fingerprint density at radius 2 is 2.39 bits per heavy atom. The minimum Gasteiger partial charge on any atom is -0.493 e. The first-order valence-electron chi connectivity index (χ1n) is 6.15. The molecular formula is C13H15BrN2O2. The molecule has 2 aliphatic heterocycles. The van der Waals surface area contributed by atoms with Crippen LogP contribution in [0.1, 0.15) is 17.2 Å². The molecule has 1 unspecified atom stereocenters. The van der Waals surface area contributed by atoms with Gasteiger partial charge in [0.2, 0.25) is 0 Å². The molecule has 2 amide bonds. The van der Waals surface area contributed by atoms with Crippen LogP contribution in [0.15, 0.2) is 18.2 Å². The van der Waals surface area contributed by atoms with Crippen LogP contribution in [-0.4, -0.2) is 36.0 Å². The summed E-state index contributed by atoms with van der Waals surface area (Å²) < 4.78 is 5.61. The van der Waals surface area contributed by atoms with E-state index in [9.17, 15) is 4.79 Å². The van der Waals surface area contributed by atoms with Gasteiger partial charge in [0.05, 0.1) is 12.6 Å². The highest BCUT2D eigenvalue weighted by Crippen LogP contribution is 2.34. The molecule has 1 aromatic rings. The summed E-state index contributed by atoms with van der Waals surface area (Å²) >= 11 is 3.35. The Bertz CT molecular complexity index is 478. The quantitative estimate of drug-likeness (QED) is 0.869. The van der Waals surface area contributed by atoms with Gasteiger partial charge in [0.15, 0.2) is 0 Å². The number of nitrogens with one attached hydrogen (secondary N) is 1. The molecule has 0 spiro atoms. The van der Waals surface area contributed by atoms with Gasteiger partial charge in [-0.3, -0.25) is 0 Å². The Morgan fingerprint density at radius 1 is 1.50 bits per heavy atom. The van der Waals surface area contributed by atoms with E-state index in [0.29, 0.717) is 13.2 Å². The van der Waals surface area contributed by atoms with E-state index in [4.69, 9.17) is 4.74 Å². The average Bonchev–Trinajstić information content (AvgIpc) is 2.78. The summed E-state index contributed by atoms with van der Waals surface area (Å²) in [6.45, 7) is 2.19. The molecule has 5 heteroatoms. The SMILES string of the molecule is O=C1NCC2c3ccc(OCCBr)cc3CCN12. The number of ether oxygens (including phenoxy) is 1. The van der Waals surface area contributed by atoms with Gasteiger partial charge in [-0.2, -0.15) is 0 Å². The number of alkyl halides is 1. The van der Waals surface area contributed by atoms with E-state index in [-0.39, 0.29) is 12.1 Å². The van der Waals surface area contributed by atoms with Crippen molar-refractivity contribution in [2.75, 3.05) is 25.0 Å². The third-order valence-corrected chi connectivity index (χ3v) is 3.85. The molecule has 2 aliphatic rings. The zero-order chi connectivity index (χ0) is 12.5. The number of hydrogen-bond donors (Lipinski definition) is 1. The van der Waals surface area contributed by atoms with Gasteiger partial charge < -0.3 is 15.0 Å². The lowest BCUT2D eigenvalue weighted by Gasteiger charge is -2.30. The van der Waals surface area contributed by atoms with Crippen molar-refractivity contribution >= 4 is 22.0 Å². The average molecular weight is 311 g/mol. The van der Waals surface area contributed by atoms with Crippen molar-refractivity contribution in [3.8, 4) is 5.75 Å². The first-order chi connectivity index (χ1) is 8.79. The van der Waals surface area contributed by atoms with Gasteiger partial charge in [-0.05, 0) is 29.7 Å². The number of carbonyl (C=O) groups is 1. The van der Waals surface area contributed by atoms with Crippen molar-refractivity contribution in [1.82, 2.24) is 10.2 Å². The van der Waals surface area contributed by atoms with Crippen molar-refractivity contribution in [2.45, 2.75) is 12.5 Å². The molecule has 2 heterocycles. The van der Waals surface area contributed by atoms with Crippen LogP contribution >= 0.6 is 15.9 Å². The minimum atomic E-state index is 0.0604. The fraction of sp³-hybridized carbons (Fsp3) is 0.462. The lowest BCUT2D eigenvalue weighted by atomic mass is 9.93. The molecular weight excluding hydrogens is 296 g/mol. The number of hydrogen-bond acceptors (Lipinski definition) is 2. The Hall–Kier alpha value is -1.23. The molecule has 96 valence electrons. The van der Waals surface area contributed by atoms with Crippen LogP contribution in [0.25, 0.3) is 0 Å². The minimum absolute atomic E-state index is 0.0604. The van der Waals surface area contributed by atoms with Gasteiger partial charge in [0.1, 0.15) is 5.75 Å². The number of amides is 2. The first kappa shape index (κ1) is 11.8. The summed E-state index contributed by atoms with van der Waals surface area (Å²) in [6, 6.07) is 6.46. The molecule has 1 atom stereocenters. The second-order valence-electron chi connectivity index (χ2n) is 4.54. The summed E-state index contributed by atoms with van der Waals surface area (Å²) in [7, 11) is 0. The van der Waals surface area contributed by atoms with E-state index >= 15 is 0 Å². The maximum absolute atomic E-state index is 11.6. The standard InChI is InChI=1S/C13H15BrN2O2/c14-4-6-18-10-1-2-11-9(7-10)3-5-16-12(11)8-15-13(16)17/h1-2,7,12H,3-6,8H2,(H,15,17). The second-order valence-corrected chi connectivity index (χ2v) is 5.34. The molecule has 1 N–H and O–H groups in total. The highest BCUT2D eigenvalue weighted by molar-refractivity contribution is 9.09. The monoisotopic (exact) mass is 310 g/mol. The highest BCUT2D eigenvalue weighted by atomic mass is 79.9. The fourth-order valence-corrected chi connectivity index (χ4v) is 2.85. The largest absolute Gasteiger partial charge is 0.493 e. The van der Waals surface area contributed by atoms with Gasteiger partial charge in [-0.25, -0.2) is 4.79 Å². The fourth-order valence-electron chi connectivity index (χ4n) is 2.68. The predicted octanol–water partition coefficient (Wildman–Crippen LogP) is 2.08. The van der Waals surface area contributed by atoms with Crippen LogP contribution in [0.2, 0.25) is 0 Å². The molecule has 1 fully saturated rings. The highest BCUT2D eigenvalue weighted by Gasteiger charge is 2.35. The van der Waals surface area contributed by atoms with Crippen LogP contribution in [0, 0.1) is 0 Å². The molecule has 3 rings (SSSR count). The van der Waals surface area contributed by atoms with E-state index < -0.39 is 0 Å². The summed E-state index contributed by atoms with van der Waals surface area (Å²) in [5.74, 6) is 0.916. The summed E-state index contributed by atoms with van der Waals surface area (Å²) in [6.07, 6.45) is 0.908. The number of urea groups is 1. The number of carbonyl (C=O) groups excluding carboxylic acids is 1. The molecule has 18 heavy (non-hydrogen) atoms. The lowest BCUT2D eigenvalue weighted by molar-refractivity contribution is 0.200. The molecule has 0 aromatic heterocycles. The number of nitrogens with zero attached hydrogens (tertiary/aromatic N) is 1. The molecule has 0 aliphatic carbocycles. The number of halogens is 1. The Morgan fingerprint density at radius 3 is 3.22 bits per heavy atom. The van der Waals surface area contributed by atoms with E-state index in [1.807, 2.05) is 11.0 Å². The van der Waals surface area contributed by atoms with Crippen LogP contribution in [0.4, 0.5) is 4.79 Å². The van der Waals surface area contributed by atoms with Gasteiger partial charge >= 0.3 is 6.03 Å². The van der Waals surface area contributed by atoms with Gasteiger partial charge in [-0.15, -0.1) is 0 Å². The molecule has 0 bridgehead atoms. The van der Waals surface area contributed by atoms with Crippen molar-refractivity contribution in [2.24, 2.45) is 0 Å². The van der Waals surface area contributed by atoms with Crippen LogP contribution < -0.4 is 10.1 Å². The van der Waals surface area contributed by atoms with E-state index in [1.54, 1.807) is 0 Å². The summed E-state index contributed by atoms with van der Waals surface area (Å²) in [5.41, 5.74) is 2.56. The maximum atomic E-state index is 11.6. The zero-order valence-corrected chi connectivity index (χ0v) is 11.6. The van der Waals surface area contributed by atoms with Crippen LogP contribution in [-0.2, 0) is 6.42 Å². The van der Waals surface area contributed by atoms with E-state index in [0.717, 1.165) is 24.0 Å². The summed E-state index contributed by atoms with van der Waals surface area (Å²) in [5, 5.41) is 3.73. The van der Waals surface area contributed by atoms with Crippen molar-refractivity contribution in [3.05, 3.63) is 29.3 Å². The smallest absolute Gasteiger partial charge is 0.318 e. The van der Waals surface area contributed by atoms with Gasteiger partial charge in [0.25, 0.3) is 0 Å². The lowest BCUT2D eigenvalue weighted by Crippen LogP contribution is -2.35.